The predicted octanol–water partition coefficient (Wildman–Crippen LogP) is 1.39. The maximum absolute atomic E-state index is 11.7. The second kappa shape index (κ2) is 8.24. The van der Waals surface area contributed by atoms with Crippen LogP contribution < -0.4 is 15.4 Å². The quantitative estimate of drug-likeness (QED) is 0.758. The molecule has 1 aromatic rings. The van der Waals surface area contributed by atoms with Crippen LogP contribution in [0.3, 0.4) is 0 Å². The maximum atomic E-state index is 11.7. The van der Waals surface area contributed by atoms with Crippen molar-refractivity contribution in [2.24, 2.45) is 0 Å². The topological polar surface area (TPSA) is 79.1 Å². The van der Waals surface area contributed by atoms with Gasteiger partial charge in [0.1, 0.15) is 5.75 Å². The molecule has 152 valence electrons. The lowest BCUT2D eigenvalue weighted by atomic mass is 9.99. The fraction of sp³-hybridized carbons (Fsp3) is 0.684. The average Bonchev–Trinajstić information content (AvgIpc) is 2.67. The third kappa shape index (κ3) is 4.50. The Hall–Kier alpha value is -1.51. The molecule has 2 aliphatic rings. The summed E-state index contributed by atoms with van der Waals surface area (Å²) in [6, 6.07) is 4.63. The molecule has 2 N–H and O–H groups in total. The Kier molecular flexibility index (Phi) is 6.18. The molecule has 3 rings (SSSR count). The van der Waals surface area contributed by atoms with Crippen molar-refractivity contribution in [3.63, 3.8) is 0 Å². The normalized spacial score (nSPS) is 20.8. The predicted molar refractivity (Wildman–Crippen MR) is 110 cm³/mol. The lowest BCUT2D eigenvalue weighted by Crippen LogP contribution is -2.54. The number of nitrogens with two attached hydrogens (primary N) is 1. The molecule has 0 amide bonds. The molecule has 8 heteroatoms. The molecule has 0 spiro atoms. The van der Waals surface area contributed by atoms with Gasteiger partial charge >= 0.3 is 0 Å². The number of rotatable bonds is 5. The summed E-state index contributed by atoms with van der Waals surface area (Å²) in [5.41, 5.74) is 9.25. The fourth-order valence-corrected chi connectivity index (χ4v) is 5.09. The van der Waals surface area contributed by atoms with E-state index in [4.69, 9.17) is 10.5 Å². The number of aryl methyl sites for hydroxylation is 1. The molecule has 0 atom stereocenters. The van der Waals surface area contributed by atoms with Gasteiger partial charge < -0.3 is 15.4 Å². The zero-order chi connectivity index (χ0) is 19.6. The summed E-state index contributed by atoms with van der Waals surface area (Å²) < 4.78 is 30.4. The van der Waals surface area contributed by atoms with E-state index in [0.29, 0.717) is 24.8 Å². The highest BCUT2D eigenvalue weighted by Crippen LogP contribution is 2.34. The molecule has 1 aromatic carbocycles. The largest absolute Gasteiger partial charge is 0.495 e. The van der Waals surface area contributed by atoms with Gasteiger partial charge in [-0.3, -0.25) is 4.90 Å². The number of nitrogen functional groups attached to an aromatic ring is 1. The van der Waals surface area contributed by atoms with Crippen LogP contribution in [-0.4, -0.2) is 76.3 Å². The molecule has 27 heavy (non-hydrogen) atoms. The standard InChI is InChI=1S/C19H32N4O3S/c1-4-15-13-17(20)19(26-2)14-18(15)22-7-5-16(6-8-22)21-9-11-23(12-10-21)27(3,24)25/h13-14,16H,4-12,20H2,1-3H3. The summed E-state index contributed by atoms with van der Waals surface area (Å²) in [7, 11) is -1.41. The zero-order valence-electron chi connectivity index (χ0n) is 16.6. The van der Waals surface area contributed by atoms with Crippen LogP contribution in [0.4, 0.5) is 11.4 Å². The number of anilines is 2. The van der Waals surface area contributed by atoms with Crippen molar-refractivity contribution in [1.29, 1.82) is 0 Å². The summed E-state index contributed by atoms with van der Waals surface area (Å²) in [6.07, 6.45) is 4.42. The van der Waals surface area contributed by atoms with Crippen molar-refractivity contribution in [2.75, 3.05) is 63.3 Å². The van der Waals surface area contributed by atoms with Crippen LogP contribution in [0.5, 0.6) is 5.75 Å². The number of hydrogen-bond donors (Lipinski definition) is 1. The van der Waals surface area contributed by atoms with Gasteiger partial charge in [0.2, 0.25) is 10.0 Å². The third-order valence-electron chi connectivity index (χ3n) is 5.88. The van der Waals surface area contributed by atoms with Gasteiger partial charge in [-0.15, -0.1) is 0 Å². The number of ether oxygens (including phenoxy) is 1. The molecule has 0 bridgehead atoms. The van der Waals surface area contributed by atoms with E-state index in [2.05, 4.69) is 22.8 Å². The van der Waals surface area contributed by atoms with E-state index in [1.54, 1.807) is 11.4 Å². The highest BCUT2D eigenvalue weighted by molar-refractivity contribution is 7.88. The first-order valence-corrected chi connectivity index (χ1v) is 11.6. The minimum absolute atomic E-state index is 0.531. The van der Waals surface area contributed by atoms with Crippen LogP contribution in [0, 0.1) is 0 Å². The Labute approximate surface area is 163 Å². The molecule has 0 aliphatic carbocycles. The smallest absolute Gasteiger partial charge is 0.211 e. The van der Waals surface area contributed by atoms with Crippen LogP contribution in [0.1, 0.15) is 25.3 Å². The summed E-state index contributed by atoms with van der Waals surface area (Å²) >= 11 is 0. The number of piperazine rings is 1. The van der Waals surface area contributed by atoms with E-state index in [-0.39, 0.29) is 0 Å². The zero-order valence-corrected chi connectivity index (χ0v) is 17.5. The van der Waals surface area contributed by atoms with Crippen molar-refractivity contribution < 1.29 is 13.2 Å². The molecule has 2 aliphatic heterocycles. The van der Waals surface area contributed by atoms with Crippen LogP contribution in [0.2, 0.25) is 0 Å². The van der Waals surface area contributed by atoms with Gasteiger partial charge in [0.05, 0.1) is 19.1 Å². The molecular weight excluding hydrogens is 364 g/mol. The summed E-state index contributed by atoms with van der Waals surface area (Å²) in [4.78, 5) is 4.90. The highest BCUT2D eigenvalue weighted by atomic mass is 32.2. The second-order valence-electron chi connectivity index (χ2n) is 7.49. The fourth-order valence-electron chi connectivity index (χ4n) is 4.26. The lowest BCUT2D eigenvalue weighted by Gasteiger charge is -2.43. The minimum atomic E-state index is -3.07. The van der Waals surface area contributed by atoms with Crippen LogP contribution in [0.25, 0.3) is 0 Å². The van der Waals surface area contributed by atoms with Crippen molar-refractivity contribution in [3.8, 4) is 5.75 Å². The van der Waals surface area contributed by atoms with E-state index >= 15 is 0 Å². The minimum Gasteiger partial charge on any atom is -0.495 e. The van der Waals surface area contributed by atoms with Gasteiger partial charge in [0.15, 0.2) is 0 Å². The van der Waals surface area contributed by atoms with Crippen LogP contribution in [0.15, 0.2) is 12.1 Å². The van der Waals surface area contributed by atoms with Crippen LogP contribution >= 0.6 is 0 Å². The van der Waals surface area contributed by atoms with Gasteiger partial charge in [-0.1, -0.05) is 6.92 Å². The first-order valence-electron chi connectivity index (χ1n) is 9.74. The highest BCUT2D eigenvalue weighted by Gasteiger charge is 2.30. The Balaban J connectivity index is 1.61. The van der Waals surface area contributed by atoms with Crippen molar-refractivity contribution in [3.05, 3.63) is 17.7 Å². The van der Waals surface area contributed by atoms with E-state index in [0.717, 1.165) is 51.2 Å². The van der Waals surface area contributed by atoms with Gasteiger partial charge in [-0.25, -0.2) is 8.42 Å². The van der Waals surface area contributed by atoms with Gasteiger partial charge in [0.25, 0.3) is 0 Å². The molecular formula is C19H32N4O3S. The molecule has 0 saturated carbocycles. The summed E-state index contributed by atoms with van der Waals surface area (Å²) in [5.74, 6) is 0.737. The third-order valence-corrected chi connectivity index (χ3v) is 7.18. The number of benzene rings is 1. The number of piperidine rings is 1. The van der Waals surface area contributed by atoms with Gasteiger partial charge in [-0.2, -0.15) is 4.31 Å². The molecule has 2 heterocycles. The SMILES string of the molecule is CCc1cc(N)c(OC)cc1N1CCC(N2CCN(S(C)(=O)=O)CC2)CC1. The van der Waals surface area contributed by atoms with Gasteiger partial charge in [-0.05, 0) is 30.9 Å². The van der Waals surface area contributed by atoms with Gasteiger partial charge in [0, 0.05) is 57.1 Å². The molecule has 0 radical (unpaired) electrons. The average molecular weight is 397 g/mol. The summed E-state index contributed by atoms with van der Waals surface area (Å²) in [6.45, 7) is 7.01. The molecule has 2 fully saturated rings. The number of nitrogens with zero attached hydrogens (tertiary/aromatic N) is 3. The lowest BCUT2D eigenvalue weighted by molar-refractivity contribution is 0.120. The van der Waals surface area contributed by atoms with Crippen LogP contribution in [-0.2, 0) is 16.4 Å². The molecule has 7 nitrogen and oxygen atoms in total. The Morgan fingerprint density at radius 2 is 1.74 bits per heavy atom. The number of sulfonamides is 1. The maximum Gasteiger partial charge on any atom is 0.211 e. The van der Waals surface area contributed by atoms with E-state index < -0.39 is 10.0 Å². The van der Waals surface area contributed by atoms with Crippen molar-refractivity contribution in [2.45, 2.75) is 32.2 Å². The van der Waals surface area contributed by atoms with Crippen molar-refractivity contribution >= 4 is 21.4 Å². The Morgan fingerprint density at radius 3 is 2.26 bits per heavy atom. The molecule has 0 aromatic heterocycles. The van der Waals surface area contributed by atoms with E-state index in [1.807, 2.05) is 6.07 Å². The Morgan fingerprint density at radius 1 is 1.11 bits per heavy atom. The number of methoxy groups -OCH3 is 1. The van der Waals surface area contributed by atoms with E-state index in [9.17, 15) is 8.42 Å². The molecule has 2 saturated heterocycles. The Bertz CT molecular complexity index is 752. The monoisotopic (exact) mass is 396 g/mol. The van der Waals surface area contributed by atoms with Crippen molar-refractivity contribution in [1.82, 2.24) is 9.21 Å². The first kappa shape index (κ1) is 20.2. The molecule has 0 unspecified atom stereocenters. The first-order chi connectivity index (χ1) is 12.8. The van der Waals surface area contributed by atoms with E-state index in [1.165, 1.54) is 17.5 Å². The second-order valence-corrected chi connectivity index (χ2v) is 9.48. The summed E-state index contributed by atoms with van der Waals surface area (Å²) in [5, 5.41) is 0. The number of hydrogen-bond acceptors (Lipinski definition) is 6.